The minimum atomic E-state index is 0.0863. The summed E-state index contributed by atoms with van der Waals surface area (Å²) in [6.07, 6.45) is 7.74. The fraction of sp³-hybridized carbons (Fsp3) is 0.619. The summed E-state index contributed by atoms with van der Waals surface area (Å²) in [5.74, 6) is 1.88. The Kier molecular flexibility index (Phi) is 5.25. The van der Waals surface area contributed by atoms with Crippen LogP contribution in [0, 0.1) is 17.8 Å². The molecule has 2 unspecified atom stereocenters. The van der Waals surface area contributed by atoms with Crippen molar-refractivity contribution in [2.24, 2.45) is 17.8 Å². The van der Waals surface area contributed by atoms with Gasteiger partial charge >= 0.3 is 0 Å². The summed E-state index contributed by atoms with van der Waals surface area (Å²) in [7, 11) is 0. The molecule has 1 saturated heterocycles. The highest BCUT2D eigenvalue weighted by Gasteiger charge is 2.47. The topological polar surface area (TPSA) is 61.4 Å². The standard InChI is InChI=1S/C21H29N3O2/c25-20-14-24(10-9-22-20)13-15-5-4-8-17(11-15)23-21(26)19-12-18(19)16-6-2-1-3-7-16/h4-5,8,11,16,18-19H,1-3,6-7,9-10,12-14H2,(H,22,25)(H,23,26). The van der Waals surface area contributed by atoms with E-state index >= 15 is 0 Å². The Bertz CT molecular complexity index is 669. The van der Waals surface area contributed by atoms with Crippen LogP contribution in [0.4, 0.5) is 5.69 Å². The van der Waals surface area contributed by atoms with Gasteiger partial charge in [0.2, 0.25) is 11.8 Å². The first kappa shape index (κ1) is 17.5. The first-order chi connectivity index (χ1) is 12.7. The lowest BCUT2D eigenvalue weighted by Crippen LogP contribution is -2.47. The predicted molar refractivity (Wildman–Crippen MR) is 102 cm³/mol. The SMILES string of the molecule is O=C1CN(Cc2cccc(NC(=O)C3CC3C3CCCCC3)c2)CCN1. The lowest BCUT2D eigenvalue weighted by Gasteiger charge is -2.26. The van der Waals surface area contributed by atoms with Gasteiger partial charge in [0, 0.05) is 31.2 Å². The number of amides is 2. The van der Waals surface area contributed by atoms with Crippen LogP contribution >= 0.6 is 0 Å². The second-order valence-corrected chi connectivity index (χ2v) is 8.15. The molecule has 5 heteroatoms. The van der Waals surface area contributed by atoms with Crippen molar-refractivity contribution < 1.29 is 9.59 Å². The Morgan fingerprint density at radius 2 is 2.08 bits per heavy atom. The van der Waals surface area contributed by atoms with Gasteiger partial charge in [0.1, 0.15) is 0 Å². The number of carbonyl (C=O) groups is 2. The molecule has 0 aromatic heterocycles. The van der Waals surface area contributed by atoms with Gasteiger partial charge in [-0.1, -0.05) is 44.2 Å². The highest BCUT2D eigenvalue weighted by atomic mass is 16.2. The Balaban J connectivity index is 1.31. The molecule has 2 amide bonds. The fourth-order valence-corrected chi connectivity index (χ4v) is 4.67. The summed E-state index contributed by atoms with van der Waals surface area (Å²) in [6.45, 7) is 2.76. The molecule has 0 spiro atoms. The van der Waals surface area contributed by atoms with Gasteiger partial charge in [0.15, 0.2) is 0 Å². The molecule has 2 saturated carbocycles. The van der Waals surface area contributed by atoms with Crippen LogP contribution in [-0.2, 0) is 16.1 Å². The molecular weight excluding hydrogens is 326 g/mol. The largest absolute Gasteiger partial charge is 0.354 e. The third-order valence-corrected chi connectivity index (χ3v) is 6.15. The zero-order valence-corrected chi connectivity index (χ0v) is 15.4. The summed E-state index contributed by atoms with van der Waals surface area (Å²) in [6, 6.07) is 8.05. The van der Waals surface area contributed by atoms with Gasteiger partial charge in [0.25, 0.3) is 0 Å². The van der Waals surface area contributed by atoms with E-state index in [1.807, 2.05) is 18.2 Å². The zero-order valence-electron chi connectivity index (χ0n) is 15.4. The van der Waals surface area contributed by atoms with Gasteiger partial charge in [0.05, 0.1) is 6.54 Å². The van der Waals surface area contributed by atoms with Gasteiger partial charge < -0.3 is 10.6 Å². The quantitative estimate of drug-likeness (QED) is 0.854. The Morgan fingerprint density at radius 3 is 2.88 bits per heavy atom. The smallest absolute Gasteiger partial charge is 0.234 e. The third kappa shape index (κ3) is 4.26. The Hall–Kier alpha value is -1.88. The Morgan fingerprint density at radius 1 is 1.23 bits per heavy atom. The molecule has 5 nitrogen and oxygen atoms in total. The number of anilines is 1. The van der Waals surface area contributed by atoms with Crippen LogP contribution in [0.5, 0.6) is 0 Å². The van der Waals surface area contributed by atoms with Crippen molar-refractivity contribution in [2.75, 3.05) is 25.0 Å². The molecule has 1 heterocycles. The minimum Gasteiger partial charge on any atom is -0.354 e. The minimum absolute atomic E-state index is 0.0863. The number of nitrogens with zero attached hydrogens (tertiary/aromatic N) is 1. The number of piperazine rings is 1. The molecular formula is C21H29N3O2. The molecule has 2 aliphatic carbocycles. The molecule has 0 radical (unpaired) electrons. The number of benzene rings is 1. The van der Waals surface area contributed by atoms with Crippen molar-refractivity contribution >= 4 is 17.5 Å². The van der Waals surface area contributed by atoms with Crippen molar-refractivity contribution in [1.29, 1.82) is 0 Å². The maximum absolute atomic E-state index is 12.6. The molecule has 2 N–H and O–H groups in total. The molecule has 3 aliphatic rings. The van der Waals surface area contributed by atoms with E-state index in [-0.39, 0.29) is 17.7 Å². The van der Waals surface area contributed by atoms with Gasteiger partial charge in [-0.15, -0.1) is 0 Å². The maximum Gasteiger partial charge on any atom is 0.234 e. The molecule has 4 rings (SSSR count). The van der Waals surface area contributed by atoms with E-state index in [0.29, 0.717) is 19.0 Å². The van der Waals surface area contributed by atoms with E-state index < -0.39 is 0 Å². The molecule has 26 heavy (non-hydrogen) atoms. The van der Waals surface area contributed by atoms with Crippen LogP contribution in [0.3, 0.4) is 0 Å². The summed E-state index contributed by atoms with van der Waals surface area (Å²) in [4.78, 5) is 26.2. The van der Waals surface area contributed by atoms with Crippen LogP contribution in [0.1, 0.15) is 44.1 Å². The van der Waals surface area contributed by atoms with Crippen LogP contribution < -0.4 is 10.6 Å². The van der Waals surface area contributed by atoms with E-state index in [9.17, 15) is 9.59 Å². The monoisotopic (exact) mass is 355 g/mol. The third-order valence-electron chi connectivity index (χ3n) is 6.15. The molecule has 140 valence electrons. The average molecular weight is 355 g/mol. The van der Waals surface area contributed by atoms with Crippen molar-refractivity contribution in [2.45, 2.75) is 45.1 Å². The molecule has 1 aromatic carbocycles. The molecule has 0 bridgehead atoms. The first-order valence-corrected chi connectivity index (χ1v) is 10.1. The highest BCUT2D eigenvalue weighted by Crippen LogP contribution is 2.49. The van der Waals surface area contributed by atoms with Crippen LogP contribution in [0.25, 0.3) is 0 Å². The second-order valence-electron chi connectivity index (χ2n) is 8.15. The second kappa shape index (κ2) is 7.78. The normalized spacial score (nSPS) is 27.0. The Labute approximate surface area is 155 Å². The van der Waals surface area contributed by atoms with E-state index in [1.54, 1.807) is 0 Å². The number of nitrogens with one attached hydrogen (secondary N) is 2. The van der Waals surface area contributed by atoms with Gasteiger partial charge in [-0.05, 0) is 36.0 Å². The van der Waals surface area contributed by atoms with Crippen molar-refractivity contribution in [3.05, 3.63) is 29.8 Å². The lowest BCUT2D eigenvalue weighted by atomic mass is 9.85. The molecule has 1 aliphatic heterocycles. The molecule has 2 atom stereocenters. The number of carbonyl (C=O) groups excluding carboxylic acids is 2. The summed E-state index contributed by atoms with van der Waals surface area (Å²) >= 11 is 0. The molecule has 1 aromatic rings. The van der Waals surface area contributed by atoms with Crippen molar-refractivity contribution in [3.8, 4) is 0 Å². The fourth-order valence-electron chi connectivity index (χ4n) is 4.67. The van der Waals surface area contributed by atoms with Crippen LogP contribution in [0.2, 0.25) is 0 Å². The van der Waals surface area contributed by atoms with E-state index in [4.69, 9.17) is 0 Å². The van der Waals surface area contributed by atoms with E-state index in [2.05, 4.69) is 21.6 Å². The number of hydrogen-bond acceptors (Lipinski definition) is 3. The van der Waals surface area contributed by atoms with Crippen molar-refractivity contribution in [3.63, 3.8) is 0 Å². The van der Waals surface area contributed by atoms with E-state index in [0.717, 1.165) is 36.7 Å². The zero-order chi connectivity index (χ0) is 17.9. The first-order valence-electron chi connectivity index (χ1n) is 10.1. The van der Waals surface area contributed by atoms with Gasteiger partial charge in [-0.2, -0.15) is 0 Å². The summed E-state index contributed by atoms with van der Waals surface area (Å²) in [5, 5.41) is 5.97. The predicted octanol–water partition coefficient (Wildman–Crippen LogP) is 2.77. The number of hydrogen-bond donors (Lipinski definition) is 2. The maximum atomic E-state index is 12.6. The summed E-state index contributed by atoms with van der Waals surface area (Å²) < 4.78 is 0. The highest BCUT2D eigenvalue weighted by molar-refractivity contribution is 5.94. The number of rotatable bonds is 5. The van der Waals surface area contributed by atoms with Crippen molar-refractivity contribution in [1.82, 2.24) is 10.2 Å². The summed E-state index contributed by atoms with van der Waals surface area (Å²) in [5.41, 5.74) is 2.01. The van der Waals surface area contributed by atoms with E-state index in [1.165, 1.54) is 32.1 Å². The van der Waals surface area contributed by atoms with Crippen LogP contribution in [-0.4, -0.2) is 36.3 Å². The van der Waals surface area contributed by atoms with Gasteiger partial charge in [-0.25, -0.2) is 0 Å². The van der Waals surface area contributed by atoms with Gasteiger partial charge in [-0.3, -0.25) is 14.5 Å². The lowest BCUT2D eigenvalue weighted by molar-refractivity contribution is -0.124. The van der Waals surface area contributed by atoms with Crippen LogP contribution in [0.15, 0.2) is 24.3 Å². The average Bonchev–Trinajstić information content (AvgIpc) is 3.44. The molecule has 3 fully saturated rings.